The number of para-hydroxylation sites is 1. The summed E-state index contributed by atoms with van der Waals surface area (Å²) in [7, 11) is 1.65. The normalized spacial score (nSPS) is 10.8. The summed E-state index contributed by atoms with van der Waals surface area (Å²) < 4.78 is 7.17. The summed E-state index contributed by atoms with van der Waals surface area (Å²) in [6.07, 6.45) is 1.78. The Morgan fingerprint density at radius 1 is 0.875 bits per heavy atom. The quantitative estimate of drug-likeness (QED) is 0.376. The highest BCUT2D eigenvalue weighted by molar-refractivity contribution is 5.90. The van der Waals surface area contributed by atoms with E-state index in [9.17, 15) is 0 Å². The van der Waals surface area contributed by atoms with Crippen molar-refractivity contribution in [2.75, 3.05) is 17.7 Å². The van der Waals surface area contributed by atoms with Crippen LogP contribution in [-0.2, 0) is 6.54 Å². The lowest BCUT2D eigenvalue weighted by Crippen LogP contribution is -2.07. The van der Waals surface area contributed by atoms with Crippen molar-refractivity contribution in [2.45, 2.75) is 6.54 Å². The summed E-state index contributed by atoms with van der Waals surface area (Å²) in [6.45, 7) is 0.615. The Labute approximate surface area is 185 Å². The second kappa shape index (κ2) is 8.77. The molecule has 7 heteroatoms. The highest BCUT2D eigenvalue weighted by Gasteiger charge is 2.15. The van der Waals surface area contributed by atoms with Gasteiger partial charge in [0, 0.05) is 18.3 Å². The van der Waals surface area contributed by atoms with Crippen LogP contribution >= 0.6 is 0 Å². The first-order chi connectivity index (χ1) is 15.8. The third-order valence-corrected chi connectivity index (χ3v) is 5.06. The van der Waals surface area contributed by atoms with Crippen LogP contribution in [0.25, 0.3) is 16.7 Å². The molecule has 7 nitrogen and oxygen atoms in total. The Kier molecular flexibility index (Phi) is 5.36. The van der Waals surface area contributed by atoms with Crippen molar-refractivity contribution < 1.29 is 4.74 Å². The Morgan fingerprint density at radius 2 is 1.66 bits per heavy atom. The minimum absolute atomic E-state index is 0.518. The molecule has 0 radical (unpaired) electrons. The van der Waals surface area contributed by atoms with E-state index in [1.165, 1.54) is 0 Å². The fourth-order valence-electron chi connectivity index (χ4n) is 3.46. The van der Waals surface area contributed by atoms with E-state index in [2.05, 4.69) is 27.9 Å². The highest BCUT2D eigenvalue weighted by atomic mass is 16.5. The van der Waals surface area contributed by atoms with E-state index in [-0.39, 0.29) is 0 Å². The van der Waals surface area contributed by atoms with E-state index in [0.29, 0.717) is 24.0 Å². The molecule has 0 bridgehead atoms. The van der Waals surface area contributed by atoms with Crippen molar-refractivity contribution in [3.05, 3.63) is 96.7 Å². The molecule has 2 N–H and O–H groups in total. The van der Waals surface area contributed by atoms with E-state index in [1.54, 1.807) is 13.3 Å². The van der Waals surface area contributed by atoms with Crippen molar-refractivity contribution in [3.8, 4) is 11.4 Å². The van der Waals surface area contributed by atoms with E-state index in [1.807, 2.05) is 77.5 Å². The van der Waals surface area contributed by atoms with Crippen LogP contribution in [0.3, 0.4) is 0 Å². The topological polar surface area (TPSA) is 76.9 Å². The molecule has 0 saturated carbocycles. The smallest absolute Gasteiger partial charge is 0.227 e. The summed E-state index contributed by atoms with van der Waals surface area (Å²) in [4.78, 5) is 9.52. The molecular formula is C25H22N6O. The number of benzene rings is 3. The summed E-state index contributed by atoms with van der Waals surface area (Å²) in [5, 5.41) is 12.1. The van der Waals surface area contributed by atoms with Gasteiger partial charge in [0.2, 0.25) is 5.95 Å². The number of nitrogens with one attached hydrogen (secondary N) is 2. The molecule has 0 atom stereocenters. The fourth-order valence-corrected chi connectivity index (χ4v) is 3.46. The first kappa shape index (κ1) is 19.6. The Bertz CT molecular complexity index is 1330. The van der Waals surface area contributed by atoms with Gasteiger partial charge in [-0.1, -0.05) is 54.6 Å². The average molecular weight is 422 g/mol. The molecule has 3 aromatic carbocycles. The van der Waals surface area contributed by atoms with Gasteiger partial charge < -0.3 is 15.4 Å². The molecule has 0 saturated heterocycles. The molecule has 158 valence electrons. The van der Waals surface area contributed by atoms with Crippen molar-refractivity contribution in [2.24, 2.45) is 0 Å². The van der Waals surface area contributed by atoms with Gasteiger partial charge in [0.1, 0.15) is 11.6 Å². The number of methoxy groups -OCH3 is 1. The Balaban J connectivity index is 1.56. The molecule has 32 heavy (non-hydrogen) atoms. The summed E-state index contributed by atoms with van der Waals surface area (Å²) in [5.41, 5.74) is 3.66. The van der Waals surface area contributed by atoms with Gasteiger partial charge >= 0.3 is 0 Å². The van der Waals surface area contributed by atoms with E-state index in [4.69, 9.17) is 14.7 Å². The van der Waals surface area contributed by atoms with Crippen molar-refractivity contribution in [1.82, 2.24) is 19.7 Å². The summed E-state index contributed by atoms with van der Waals surface area (Å²) >= 11 is 0. The molecular weight excluding hydrogens is 400 g/mol. The van der Waals surface area contributed by atoms with Crippen LogP contribution in [0.1, 0.15) is 5.56 Å². The maximum atomic E-state index is 5.35. The standard InChI is InChI=1S/C25H22N6O/c1-32-21-14-8-11-19(15-21)28-23-22-17-27-31(20-12-6-3-7-13-20)24(22)30-25(29-23)26-16-18-9-4-2-5-10-18/h2-15,17H,16H2,1H3,(H2,26,28,29,30). The number of nitrogens with zero attached hydrogens (tertiary/aromatic N) is 4. The van der Waals surface area contributed by atoms with Gasteiger partial charge in [-0.2, -0.15) is 15.1 Å². The van der Waals surface area contributed by atoms with Crippen molar-refractivity contribution in [3.63, 3.8) is 0 Å². The van der Waals surface area contributed by atoms with E-state index >= 15 is 0 Å². The first-order valence-electron chi connectivity index (χ1n) is 10.3. The van der Waals surface area contributed by atoms with Crippen LogP contribution in [-0.4, -0.2) is 26.9 Å². The maximum Gasteiger partial charge on any atom is 0.227 e. The van der Waals surface area contributed by atoms with Gasteiger partial charge in [-0.25, -0.2) is 4.68 Å². The van der Waals surface area contributed by atoms with Crippen LogP contribution in [0.2, 0.25) is 0 Å². The monoisotopic (exact) mass is 422 g/mol. The second-order valence-corrected chi connectivity index (χ2v) is 7.22. The van der Waals surface area contributed by atoms with Crippen LogP contribution in [0.4, 0.5) is 17.5 Å². The van der Waals surface area contributed by atoms with Gasteiger partial charge in [-0.3, -0.25) is 0 Å². The summed E-state index contributed by atoms with van der Waals surface area (Å²) in [6, 6.07) is 27.8. The van der Waals surface area contributed by atoms with Crippen molar-refractivity contribution in [1.29, 1.82) is 0 Å². The average Bonchev–Trinajstić information content (AvgIpc) is 3.28. The molecule has 0 amide bonds. The SMILES string of the molecule is COc1cccc(Nc2nc(NCc3ccccc3)nc3c2cnn3-c2ccccc2)c1. The molecule has 0 fully saturated rings. The van der Waals surface area contributed by atoms with Crippen molar-refractivity contribution >= 4 is 28.5 Å². The third kappa shape index (κ3) is 4.09. The molecule has 2 aromatic heterocycles. The zero-order chi connectivity index (χ0) is 21.8. The zero-order valence-electron chi connectivity index (χ0n) is 17.6. The molecule has 2 heterocycles. The molecule has 0 aliphatic heterocycles. The van der Waals surface area contributed by atoms with Gasteiger partial charge in [-0.05, 0) is 29.8 Å². The number of aromatic nitrogens is 4. The van der Waals surface area contributed by atoms with Crippen LogP contribution < -0.4 is 15.4 Å². The van der Waals surface area contributed by atoms with E-state index < -0.39 is 0 Å². The summed E-state index contributed by atoms with van der Waals surface area (Å²) in [5.74, 6) is 1.95. The second-order valence-electron chi connectivity index (χ2n) is 7.22. The van der Waals surface area contributed by atoms with Gasteiger partial charge in [0.15, 0.2) is 5.65 Å². The number of rotatable bonds is 7. The predicted octanol–water partition coefficient (Wildman–Crippen LogP) is 5.18. The predicted molar refractivity (Wildman–Crippen MR) is 127 cm³/mol. The third-order valence-electron chi connectivity index (χ3n) is 5.06. The number of fused-ring (bicyclic) bond motifs is 1. The lowest BCUT2D eigenvalue weighted by atomic mass is 10.2. The minimum Gasteiger partial charge on any atom is -0.497 e. The van der Waals surface area contributed by atoms with Crippen LogP contribution in [0.5, 0.6) is 5.75 Å². The molecule has 5 rings (SSSR count). The number of anilines is 3. The van der Waals surface area contributed by atoms with Gasteiger partial charge in [0.25, 0.3) is 0 Å². The minimum atomic E-state index is 0.518. The maximum absolute atomic E-state index is 5.35. The van der Waals surface area contributed by atoms with Gasteiger partial charge in [0.05, 0.1) is 24.4 Å². The molecule has 0 spiro atoms. The number of hydrogen-bond acceptors (Lipinski definition) is 6. The molecule has 0 unspecified atom stereocenters. The zero-order valence-corrected chi connectivity index (χ0v) is 17.6. The largest absolute Gasteiger partial charge is 0.497 e. The van der Waals surface area contributed by atoms with Gasteiger partial charge in [-0.15, -0.1) is 0 Å². The number of ether oxygens (including phenoxy) is 1. The lowest BCUT2D eigenvalue weighted by molar-refractivity contribution is 0.415. The Morgan fingerprint density at radius 3 is 2.44 bits per heavy atom. The van der Waals surface area contributed by atoms with Crippen LogP contribution in [0, 0.1) is 0 Å². The number of hydrogen-bond donors (Lipinski definition) is 2. The molecule has 5 aromatic rings. The Hall–Kier alpha value is -4.39. The highest BCUT2D eigenvalue weighted by Crippen LogP contribution is 2.28. The fraction of sp³-hybridized carbons (Fsp3) is 0.0800. The molecule has 0 aliphatic rings. The van der Waals surface area contributed by atoms with E-state index in [0.717, 1.165) is 28.1 Å². The van der Waals surface area contributed by atoms with Crippen LogP contribution in [0.15, 0.2) is 91.1 Å². The first-order valence-corrected chi connectivity index (χ1v) is 10.3. The lowest BCUT2D eigenvalue weighted by Gasteiger charge is -2.12. The molecule has 0 aliphatic carbocycles.